The number of carbonyl (C=O) groups is 1. The van der Waals surface area contributed by atoms with Gasteiger partial charge in [0.1, 0.15) is 5.82 Å². The molecule has 0 aliphatic carbocycles. The number of halogens is 1. The molecule has 0 saturated carbocycles. The fourth-order valence-electron chi connectivity index (χ4n) is 3.02. The number of benzene rings is 1. The van der Waals surface area contributed by atoms with Crippen LogP contribution in [0.4, 0.5) is 4.39 Å². The SMILES string of the molecule is O=C1NCCCc2[nH]c(-c3ccnc(-c4cccc(F)c4)c3)cc21. The Hall–Kier alpha value is -2.95. The minimum absolute atomic E-state index is 0.0376. The highest BCUT2D eigenvalue weighted by molar-refractivity contribution is 5.97. The van der Waals surface area contributed by atoms with Crippen molar-refractivity contribution in [2.24, 2.45) is 0 Å². The van der Waals surface area contributed by atoms with E-state index in [0.717, 1.165) is 35.4 Å². The Morgan fingerprint density at radius 3 is 2.88 bits per heavy atom. The maximum absolute atomic E-state index is 13.4. The van der Waals surface area contributed by atoms with E-state index in [-0.39, 0.29) is 11.7 Å². The van der Waals surface area contributed by atoms with Crippen LogP contribution in [-0.4, -0.2) is 22.4 Å². The van der Waals surface area contributed by atoms with Gasteiger partial charge < -0.3 is 10.3 Å². The Morgan fingerprint density at radius 1 is 1.08 bits per heavy atom. The molecule has 4 nitrogen and oxygen atoms in total. The first-order chi connectivity index (χ1) is 11.7. The van der Waals surface area contributed by atoms with Crippen LogP contribution in [0.1, 0.15) is 22.5 Å². The minimum atomic E-state index is -0.289. The number of fused-ring (bicyclic) bond motifs is 1. The molecule has 0 fully saturated rings. The fourth-order valence-corrected chi connectivity index (χ4v) is 3.02. The summed E-state index contributed by atoms with van der Waals surface area (Å²) < 4.78 is 13.4. The molecular formula is C19H16FN3O. The molecule has 0 radical (unpaired) electrons. The van der Waals surface area contributed by atoms with Crippen molar-refractivity contribution in [1.29, 1.82) is 0 Å². The van der Waals surface area contributed by atoms with Crippen LogP contribution in [0.25, 0.3) is 22.5 Å². The zero-order valence-electron chi connectivity index (χ0n) is 13.0. The summed E-state index contributed by atoms with van der Waals surface area (Å²) in [6.07, 6.45) is 3.46. The number of nitrogens with one attached hydrogen (secondary N) is 2. The second kappa shape index (κ2) is 5.92. The third-order valence-corrected chi connectivity index (χ3v) is 4.22. The number of hydrogen-bond acceptors (Lipinski definition) is 2. The summed E-state index contributed by atoms with van der Waals surface area (Å²) in [5.74, 6) is -0.327. The summed E-state index contributed by atoms with van der Waals surface area (Å²) in [5, 5.41) is 2.90. The van der Waals surface area contributed by atoms with Gasteiger partial charge in [-0.1, -0.05) is 12.1 Å². The summed E-state index contributed by atoms with van der Waals surface area (Å²) in [6, 6.07) is 12.0. The van der Waals surface area contributed by atoms with Crippen LogP contribution in [0.3, 0.4) is 0 Å². The Balaban J connectivity index is 1.74. The van der Waals surface area contributed by atoms with Crippen LogP contribution in [0.15, 0.2) is 48.7 Å². The molecule has 1 aliphatic heterocycles. The molecule has 4 rings (SSSR count). The predicted molar refractivity (Wildman–Crippen MR) is 90.1 cm³/mol. The summed E-state index contributed by atoms with van der Waals surface area (Å²) in [5.41, 5.74) is 4.88. The summed E-state index contributed by atoms with van der Waals surface area (Å²) >= 11 is 0. The van der Waals surface area contributed by atoms with Crippen molar-refractivity contribution in [3.8, 4) is 22.5 Å². The minimum Gasteiger partial charge on any atom is -0.358 e. The topological polar surface area (TPSA) is 57.8 Å². The highest BCUT2D eigenvalue weighted by Gasteiger charge is 2.18. The molecule has 0 spiro atoms. The lowest BCUT2D eigenvalue weighted by Gasteiger charge is -2.04. The Kier molecular flexibility index (Phi) is 3.61. The number of pyridine rings is 1. The van der Waals surface area contributed by atoms with E-state index in [1.807, 2.05) is 24.3 Å². The molecule has 24 heavy (non-hydrogen) atoms. The molecule has 2 N–H and O–H groups in total. The van der Waals surface area contributed by atoms with Gasteiger partial charge in [-0.3, -0.25) is 9.78 Å². The van der Waals surface area contributed by atoms with E-state index in [4.69, 9.17) is 0 Å². The third-order valence-electron chi connectivity index (χ3n) is 4.22. The number of rotatable bonds is 2. The predicted octanol–water partition coefficient (Wildman–Crippen LogP) is 3.56. The smallest absolute Gasteiger partial charge is 0.253 e. The molecular weight excluding hydrogens is 305 g/mol. The van der Waals surface area contributed by atoms with Crippen molar-refractivity contribution in [3.05, 3.63) is 65.7 Å². The van der Waals surface area contributed by atoms with E-state index >= 15 is 0 Å². The van der Waals surface area contributed by atoms with Gasteiger partial charge in [-0.15, -0.1) is 0 Å². The molecule has 5 heteroatoms. The summed E-state index contributed by atoms with van der Waals surface area (Å²) in [6.45, 7) is 0.704. The van der Waals surface area contributed by atoms with Gasteiger partial charge >= 0.3 is 0 Å². The van der Waals surface area contributed by atoms with E-state index in [1.54, 1.807) is 12.3 Å². The third kappa shape index (κ3) is 2.69. The standard InChI is InChI=1S/C19H16FN3O/c20-14-4-1-3-12(9-14)17-10-13(6-8-21-17)18-11-15-16(23-18)5-2-7-22-19(15)24/h1,3-4,6,8-11,23H,2,5,7H2,(H,22,24). The van der Waals surface area contributed by atoms with E-state index in [0.29, 0.717) is 17.8 Å². The number of amides is 1. The van der Waals surface area contributed by atoms with Crippen LogP contribution >= 0.6 is 0 Å². The number of H-pyrrole nitrogens is 1. The van der Waals surface area contributed by atoms with Gasteiger partial charge in [0.25, 0.3) is 5.91 Å². The van der Waals surface area contributed by atoms with Crippen LogP contribution in [-0.2, 0) is 6.42 Å². The molecule has 120 valence electrons. The van der Waals surface area contributed by atoms with Gasteiger partial charge in [0.2, 0.25) is 0 Å². The molecule has 0 saturated heterocycles. The molecule has 0 unspecified atom stereocenters. The van der Waals surface area contributed by atoms with Crippen molar-refractivity contribution >= 4 is 5.91 Å². The maximum atomic E-state index is 13.4. The van der Waals surface area contributed by atoms with Gasteiger partial charge in [0, 0.05) is 35.3 Å². The van der Waals surface area contributed by atoms with Gasteiger partial charge in [0.05, 0.1) is 11.3 Å². The zero-order chi connectivity index (χ0) is 16.5. The number of aryl methyl sites for hydroxylation is 1. The van der Waals surface area contributed by atoms with Gasteiger partial charge in [-0.2, -0.15) is 0 Å². The summed E-state index contributed by atoms with van der Waals surface area (Å²) in [4.78, 5) is 19.8. The number of aromatic amines is 1. The highest BCUT2D eigenvalue weighted by Crippen LogP contribution is 2.27. The lowest BCUT2D eigenvalue weighted by molar-refractivity contribution is 0.0956. The van der Waals surface area contributed by atoms with Gasteiger partial charge in [-0.25, -0.2) is 4.39 Å². The fraction of sp³-hybridized carbons (Fsp3) is 0.158. The van der Waals surface area contributed by atoms with Crippen LogP contribution in [0.5, 0.6) is 0 Å². The van der Waals surface area contributed by atoms with E-state index in [1.165, 1.54) is 12.1 Å². The Labute approximate surface area is 138 Å². The van der Waals surface area contributed by atoms with Gasteiger partial charge in [0.15, 0.2) is 0 Å². The van der Waals surface area contributed by atoms with Crippen molar-refractivity contribution in [2.45, 2.75) is 12.8 Å². The van der Waals surface area contributed by atoms with Crippen LogP contribution < -0.4 is 5.32 Å². The Morgan fingerprint density at radius 2 is 2.00 bits per heavy atom. The highest BCUT2D eigenvalue weighted by atomic mass is 19.1. The number of carbonyl (C=O) groups excluding carboxylic acids is 1. The first-order valence-electron chi connectivity index (χ1n) is 7.93. The Bertz CT molecular complexity index is 916. The molecule has 3 aromatic rings. The molecule has 1 aromatic carbocycles. The second-order valence-electron chi connectivity index (χ2n) is 5.87. The molecule has 0 atom stereocenters. The lowest BCUT2D eigenvalue weighted by atomic mass is 10.1. The molecule has 0 bridgehead atoms. The largest absolute Gasteiger partial charge is 0.358 e. The molecule has 2 aromatic heterocycles. The van der Waals surface area contributed by atoms with Gasteiger partial charge in [-0.05, 0) is 43.2 Å². The second-order valence-corrected chi connectivity index (χ2v) is 5.87. The average molecular weight is 321 g/mol. The number of nitrogens with zero attached hydrogens (tertiary/aromatic N) is 1. The number of aromatic nitrogens is 2. The molecule has 1 aliphatic rings. The normalized spacial score (nSPS) is 14.0. The van der Waals surface area contributed by atoms with Crippen molar-refractivity contribution in [2.75, 3.05) is 6.54 Å². The van der Waals surface area contributed by atoms with E-state index < -0.39 is 0 Å². The summed E-state index contributed by atoms with van der Waals surface area (Å²) in [7, 11) is 0. The van der Waals surface area contributed by atoms with Crippen molar-refractivity contribution in [3.63, 3.8) is 0 Å². The quantitative estimate of drug-likeness (QED) is 0.758. The number of hydrogen-bond donors (Lipinski definition) is 2. The molecule has 3 heterocycles. The maximum Gasteiger partial charge on any atom is 0.253 e. The van der Waals surface area contributed by atoms with Crippen LogP contribution in [0, 0.1) is 5.82 Å². The first-order valence-corrected chi connectivity index (χ1v) is 7.93. The van der Waals surface area contributed by atoms with Crippen LogP contribution in [0.2, 0.25) is 0 Å². The molecule has 1 amide bonds. The van der Waals surface area contributed by atoms with E-state index in [9.17, 15) is 9.18 Å². The average Bonchev–Trinajstić information content (AvgIpc) is 2.96. The monoisotopic (exact) mass is 321 g/mol. The van der Waals surface area contributed by atoms with E-state index in [2.05, 4.69) is 15.3 Å². The first kappa shape index (κ1) is 14.6. The van der Waals surface area contributed by atoms with Crippen molar-refractivity contribution in [1.82, 2.24) is 15.3 Å². The lowest BCUT2D eigenvalue weighted by Crippen LogP contribution is -2.22. The van der Waals surface area contributed by atoms with Crippen molar-refractivity contribution < 1.29 is 9.18 Å². The zero-order valence-corrected chi connectivity index (χ0v) is 13.0.